The molecule has 0 unspecified atom stereocenters. The maximum Gasteiger partial charge on any atom is 0.261 e. The lowest BCUT2D eigenvalue weighted by molar-refractivity contribution is 0.0915. The molecule has 1 aliphatic rings. The number of hydrogen-bond acceptors (Lipinski definition) is 3. The molecule has 1 saturated heterocycles. The molecule has 3 nitrogen and oxygen atoms in total. The average Bonchev–Trinajstić information content (AvgIpc) is 2.78. The fourth-order valence-electron chi connectivity index (χ4n) is 2.47. The highest BCUT2D eigenvalue weighted by molar-refractivity contribution is 7.12. The number of nitrogens with zero attached hydrogens (tertiary/aromatic N) is 1. The van der Waals surface area contributed by atoms with Crippen LogP contribution in [0.15, 0.2) is 11.4 Å². The van der Waals surface area contributed by atoms with E-state index in [9.17, 15) is 4.79 Å². The Bertz CT molecular complexity index is 394. The second kappa shape index (κ2) is 6.34. The Hall–Kier alpha value is -0.870. The first-order valence-corrected chi connectivity index (χ1v) is 7.66. The molecule has 1 aromatic heterocycles. The van der Waals surface area contributed by atoms with Crippen LogP contribution in [0.2, 0.25) is 0 Å². The molecule has 2 heterocycles. The summed E-state index contributed by atoms with van der Waals surface area (Å²) < 4.78 is 0. The highest BCUT2D eigenvalue weighted by Crippen LogP contribution is 2.17. The lowest BCUT2D eigenvalue weighted by atomic mass is 10.0. The van der Waals surface area contributed by atoms with Crippen LogP contribution >= 0.6 is 11.3 Å². The molecule has 18 heavy (non-hydrogen) atoms. The minimum Gasteiger partial charge on any atom is -0.349 e. The van der Waals surface area contributed by atoms with Crippen LogP contribution in [0.25, 0.3) is 0 Å². The molecule has 100 valence electrons. The van der Waals surface area contributed by atoms with Gasteiger partial charge in [-0.2, -0.15) is 0 Å². The van der Waals surface area contributed by atoms with Crippen molar-refractivity contribution in [2.75, 3.05) is 19.6 Å². The third-order valence-electron chi connectivity index (χ3n) is 3.53. The van der Waals surface area contributed by atoms with Gasteiger partial charge in [0.15, 0.2) is 0 Å². The third kappa shape index (κ3) is 3.33. The van der Waals surface area contributed by atoms with Gasteiger partial charge in [0.1, 0.15) is 0 Å². The molecule has 0 aromatic carbocycles. The number of likely N-dealkylation sites (tertiary alicyclic amines) is 1. The van der Waals surface area contributed by atoms with E-state index in [0.717, 1.165) is 36.4 Å². The zero-order valence-corrected chi connectivity index (χ0v) is 12.1. The molecule has 1 fully saturated rings. The van der Waals surface area contributed by atoms with Gasteiger partial charge >= 0.3 is 0 Å². The molecule has 4 heteroatoms. The largest absolute Gasteiger partial charge is 0.349 e. The van der Waals surface area contributed by atoms with Gasteiger partial charge in [0.25, 0.3) is 5.91 Å². The molecule has 1 N–H and O–H groups in total. The van der Waals surface area contributed by atoms with Gasteiger partial charge in [0.05, 0.1) is 4.88 Å². The molecule has 0 atom stereocenters. The van der Waals surface area contributed by atoms with E-state index in [1.165, 1.54) is 24.3 Å². The van der Waals surface area contributed by atoms with Gasteiger partial charge in [0.2, 0.25) is 0 Å². The van der Waals surface area contributed by atoms with Crippen LogP contribution in [-0.4, -0.2) is 36.5 Å². The van der Waals surface area contributed by atoms with E-state index in [1.54, 1.807) is 0 Å². The smallest absolute Gasteiger partial charge is 0.261 e. The number of aryl methyl sites for hydroxylation is 1. The van der Waals surface area contributed by atoms with Crippen molar-refractivity contribution in [3.63, 3.8) is 0 Å². The minimum absolute atomic E-state index is 0.108. The molecule has 0 radical (unpaired) electrons. The molecule has 0 aliphatic carbocycles. The SMILES string of the molecule is CCCN1CCC(NC(=O)c2sccc2C)CC1. The summed E-state index contributed by atoms with van der Waals surface area (Å²) in [7, 11) is 0. The fraction of sp³-hybridized carbons (Fsp3) is 0.643. The van der Waals surface area contributed by atoms with Crippen LogP contribution in [0.4, 0.5) is 0 Å². The van der Waals surface area contributed by atoms with Crippen molar-refractivity contribution in [3.8, 4) is 0 Å². The number of thiophene rings is 1. The Labute approximate surface area is 113 Å². The van der Waals surface area contributed by atoms with Crippen molar-refractivity contribution in [1.29, 1.82) is 0 Å². The van der Waals surface area contributed by atoms with Gasteiger partial charge < -0.3 is 10.2 Å². The summed E-state index contributed by atoms with van der Waals surface area (Å²) in [6.07, 6.45) is 3.37. The Balaban J connectivity index is 1.81. The predicted octanol–water partition coefficient (Wildman–Crippen LogP) is 2.66. The molecule has 0 bridgehead atoms. The van der Waals surface area contributed by atoms with Gasteiger partial charge in [0, 0.05) is 19.1 Å². The molecule has 2 rings (SSSR count). The summed E-state index contributed by atoms with van der Waals surface area (Å²) in [4.78, 5) is 15.4. The molecular formula is C14H22N2OS. The average molecular weight is 266 g/mol. The first-order valence-electron chi connectivity index (χ1n) is 6.78. The Kier molecular flexibility index (Phi) is 4.78. The van der Waals surface area contributed by atoms with Crippen LogP contribution in [0, 0.1) is 6.92 Å². The maximum absolute atomic E-state index is 12.1. The van der Waals surface area contributed by atoms with Crippen LogP contribution in [0.3, 0.4) is 0 Å². The van der Waals surface area contributed by atoms with E-state index in [1.807, 2.05) is 18.4 Å². The van der Waals surface area contributed by atoms with Crippen molar-refractivity contribution in [2.45, 2.75) is 39.2 Å². The Morgan fingerprint density at radius 2 is 2.22 bits per heavy atom. The Morgan fingerprint density at radius 3 is 2.78 bits per heavy atom. The van der Waals surface area contributed by atoms with Crippen molar-refractivity contribution in [3.05, 3.63) is 21.9 Å². The number of amides is 1. The maximum atomic E-state index is 12.1. The molecule has 0 saturated carbocycles. The van der Waals surface area contributed by atoms with E-state index in [2.05, 4.69) is 17.1 Å². The summed E-state index contributed by atoms with van der Waals surface area (Å²) in [6.45, 7) is 7.62. The first-order chi connectivity index (χ1) is 8.70. The van der Waals surface area contributed by atoms with Crippen LogP contribution in [-0.2, 0) is 0 Å². The Morgan fingerprint density at radius 1 is 1.50 bits per heavy atom. The van der Waals surface area contributed by atoms with Gasteiger partial charge in [-0.1, -0.05) is 6.92 Å². The molecule has 1 aromatic rings. The lowest BCUT2D eigenvalue weighted by Gasteiger charge is -2.32. The zero-order valence-electron chi connectivity index (χ0n) is 11.2. The van der Waals surface area contributed by atoms with Crippen LogP contribution in [0.1, 0.15) is 41.4 Å². The van der Waals surface area contributed by atoms with Crippen molar-refractivity contribution in [2.24, 2.45) is 0 Å². The van der Waals surface area contributed by atoms with E-state index in [0.29, 0.717) is 6.04 Å². The standard InChI is InChI=1S/C14H22N2OS/c1-3-7-16-8-4-12(5-9-16)15-14(17)13-11(2)6-10-18-13/h6,10,12H,3-5,7-9H2,1-2H3,(H,15,17). The minimum atomic E-state index is 0.108. The normalized spacial score (nSPS) is 17.9. The molecule has 0 spiro atoms. The second-order valence-corrected chi connectivity index (χ2v) is 5.94. The fourth-order valence-corrected chi connectivity index (χ4v) is 3.30. The number of piperidine rings is 1. The topological polar surface area (TPSA) is 32.3 Å². The summed E-state index contributed by atoms with van der Waals surface area (Å²) in [5.41, 5.74) is 1.08. The summed E-state index contributed by atoms with van der Waals surface area (Å²) >= 11 is 1.53. The van der Waals surface area contributed by atoms with E-state index in [-0.39, 0.29) is 5.91 Å². The van der Waals surface area contributed by atoms with Crippen LogP contribution in [0.5, 0.6) is 0 Å². The second-order valence-electron chi connectivity index (χ2n) is 5.02. The molecular weight excluding hydrogens is 244 g/mol. The summed E-state index contributed by atoms with van der Waals surface area (Å²) in [5, 5.41) is 5.15. The van der Waals surface area contributed by atoms with Crippen molar-refractivity contribution >= 4 is 17.2 Å². The number of hydrogen-bond donors (Lipinski definition) is 1. The summed E-state index contributed by atoms with van der Waals surface area (Å²) in [5.74, 6) is 0.108. The van der Waals surface area contributed by atoms with Crippen molar-refractivity contribution < 1.29 is 4.79 Å². The van der Waals surface area contributed by atoms with Gasteiger partial charge in [-0.15, -0.1) is 11.3 Å². The van der Waals surface area contributed by atoms with Crippen molar-refractivity contribution in [1.82, 2.24) is 10.2 Å². The van der Waals surface area contributed by atoms with Crippen LogP contribution < -0.4 is 5.32 Å². The zero-order chi connectivity index (χ0) is 13.0. The quantitative estimate of drug-likeness (QED) is 0.908. The number of carbonyl (C=O) groups excluding carboxylic acids is 1. The molecule has 1 amide bonds. The van der Waals surface area contributed by atoms with E-state index < -0.39 is 0 Å². The highest BCUT2D eigenvalue weighted by atomic mass is 32.1. The van der Waals surface area contributed by atoms with E-state index >= 15 is 0 Å². The van der Waals surface area contributed by atoms with E-state index in [4.69, 9.17) is 0 Å². The van der Waals surface area contributed by atoms with Gasteiger partial charge in [-0.25, -0.2) is 0 Å². The predicted molar refractivity (Wildman–Crippen MR) is 76.3 cm³/mol. The number of nitrogens with one attached hydrogen (secondary N) is 1. The third-order valence-corrected chi connectivity index (χ3v) is 4.55. The first kappa shape index (κ1) is 13.6. The number of carbonyl (C=O) groups is 1. The highest BCUT2D eigenvalue weighted by Gasteiger charge is 2.21. The lowest BCUT2D eigenvalue weighted by Crippen LogP contribution is -2.44. The molecule has 1 aliphatic heterocycles. The van der Waals surface area contributed by atoms with Gasteiger partial charge in [-0.3, -0.25) is 4.79 Å². The van der Waals surface area contributed by atoms with Gasteiger partial charge in [-0.05, 0) is 49.7 Å². The number of rotatable bonds is 4. The monoisotopic (exact) mass is 266 g/mol. The summed E-state index contributed by atoms with van der Waals surface area (Å²) in [6, 6.07) is 2.36.